The average molecular weight is 363 g/mol. The zero-order valence-electron chi connectivity index (χ0n) is 13.6. The summed E-state index contributed by atoms with van der Waals surface area (Å²) in [5, 5.41) is 14.0. The summed E-state index contributed by atoms with van der Waals surface area (Å²) >= 11 is 0. The van der Waals surface area contributed by atoms with Crippen LogP contribution in [0.3, 0.4) is 0 Å². The number of halogens is 3. The minimum absolute atomic E-state index is 0.0125. The molecule has 136 valence electrons. The Bertz CT molecular complexity index is 784. The van der Waals surface area contributed by atoms with E-state index in [1.54, 1.807) is 36.4 Å². The number of hydrogen-bond donors (Lipinski definition) is 2. The third kappa shape index (κ3) is 6.36. The summed E-state index contributed by atoms with van der Waals surface area (Å²) in [6.07, 6.45) is -4.16. The van der Waals surface area contributed by atoms with Crippen molar-refractivity contribution in [3.8, 4) is 11.8 Å². The molecule has 0 atom stereocenters. The van der Waals surface area contributed by atoms with Gasteiger partial charge in [0.25, 0.3) is 0 Å². The molecule has 0 aliphatic carbocycles. The first-order valence-electron chi connectivity index (χ1n) is 7.65. The number of nitrogens with one attached hydrogen (secondary N) is 2. The lowest BCUT2D eigenvalue weighted by Crippen LogP contribution is -2.23. The van der Waals surface area contributed by atoms with Crippen LogP contribution in [0.5, 0.6) is 5.75 Å². The normalized spacial score (nSPS) is 10.7. The van der Waals surface area contributed by atoms with Crippen LogP contribution in [-0.2, 0) is 11.2 Å². The Morgan fingerprint density at radius 3 is 2.46 bits per heavy atom. The van der Waals surface area contributed by atoms with E-state index in [0.29, 0.717) is 5.69 Å². The molecule has 0 aliphatic rings. The molecule has 0 aromatic heterocycles. The molecule has 2 rings (SSSR count). The molecule has 0 heterocycles. The van der Waals surface area contributed by atoms with Crippen LogP contribution in [-0.4, -0.2) is 25.2 Å². The van der Waals surface area contributed by atoms with Gasteiger partial charge in [-0.2, -0.15) is 18.4 Å². The van der Waals surface area contributed by atoms with Crippen LogP contribution < -0.4 is 15.4 Å². The van der Waals surface area contributed by atoms with Crippen LogP contribution >= 0.6 is 0 Å². The number of nitriles is 1. The fraction of sp³-hybridized carbons (Fsp3) is 0.222. The minimum atomic E-state index is -4.44. The Labute approximate surface area is 148 Å². The average Bonchev–Trinajstić information content (AvgIpc) is 2.60. The van der Waals surface area contributed by atoms with Crippen molar-refractivity contribution in [2.24, 2.45) is 0 Å². The van der Waals surface area contributed by atoms with Gasteiger partial charge < -0.3 is 15.4 Å². The van der Waals surface area contributed by atoms with E-state index in [1.165, 1.54) is 12.1 Å². The molecule has 0 fully saturated rings. The highest BCUT2D eigenvalue weighted by Gasteiger charge is 2.28. The van der Waals surface area contributed by atoms with Gasteiger partial charge in [0, 0.05) is 5.69 Å². The molecular formula is C18H16F3N3O2. The van der Waals surface area contributed by atoms with Crippen LogP contribution in [0.25, 0.3) is 0 Å². The van der Waals surface area contributed by atoms with E-state index in [2.05, 4.69) is 10.6 Å². The number of hydrogen-bond acceptors (Lipinski definition) is 4. The Hall–Kier alpha value is -3.21. The molecule has 2 aromatic carbocycles. The predicted octanol–water partition coefficient (Wildman–Crippen LogP) is 3.74. The number of amides is 1. The second kappa shape index (κ2) is 8.76. The van der Waals surface area contributed by atoms with E-state index in [0.717, 1.165) is 5.56 Å². The Morgan fingerprint density at radius 1 is 1.12 bits per heavy atom. The van der Waals surface area contributed by atoms with Gasteiger partial charge in [0.1, 0.15) is 5.75 Å². The van der Waals surface area contributed by atoms with Crippen LogP contribution in [0.4, 0.5) is 24.5 Å². The van der Waals surface area contributed by atoms with Crippen molar-refractivity contribution in [3.63, 3.8) is 0 Å². The van der Waals surface area contributed by atoms with Crippen LogP contribution in [0, 0.1) is 11.3 Å². The molecule has 0 spiro atoms. The van der Waals surface area contributed by atoms with Crippen molar-refractivity contribution in [3.05, 3.63) is 54.1 Å². The first kappa shape index (κ1) is 19.1. The van der Waals surface area contributed by atoms with Gasteiger partial charge in [-0.25, -0.2) is 0 Å². The highest BCUT2D eigenvalue weighted by Crippen LogP contribution is 2.26. The largest absolute Gasteiger partial charge is 0.482 e. The fourth-order valence-electron chi connectivity index (χ4n) is 2.08. The van der Waals surface area contributed by atoms with Gasteiger partial charge in [-0.1, -0.05) is 24.3 Å². The lowest BCUT2D eigenvalue weighted by Gasteiger charge is -2.14. The molecule has 2 aromatic rings. The van der Waals surface area contributed by atoms with E-state index in [1.807, 2.05) is 6.07 Å². The molecule has 0 unspecified atom stereocenters. The van der Waals surface area contributed by atoms with Crippen LogP contribution in [0.15, 0.2) is 48.5 Å². The third-order valence-corrected chi connectivity index (χ3v) is 3.24. The van der Waals surface area contributed by atoms with E-state index >= 15 is 0 Å². The summed E-state index contributed by atoms with van der Waals surface area (Å²) in [7, 11) is 0. The standard InChI is InChI=1S/C18H16F3N3O2/c19-18(20,21)12-26-16-4-2-1-3-15(16)23-11-17(25)24-14-7-5-13(6-8-14)9-10-22/h1-8,23H,9,11-12H2,(H,24,25). The Kier molecular flexibility index (Phi) is 6.44. The number of alkyl halides is 3. The number of nitrogens with zero attached hydrogens (tertiary/aromatic N) is 1. The quantitative estimate of drug-likeness (QED) is 0.786. The highest BCUT2D eigenvalue weighted by atomic mass is 19.4. The zero-order chi connectivity index (χ0) is 19.0. The Morgan fingerprint density at radius 2 is 1.81 bits per heavy atom. The second-order valence-electron chi connectivity index (χ2n) is 5.33. The molecule has 5 nitrogen and oxygen atoms in total. The topological polar surface area (TPSA) is 74.2 Å². The third-order valence-electron chi connectivity index (χ3n) is 3.24. The molecular weight excluding hydrogens is 347 g/mol. The smallest absolute Gasteiger partial charge is 0.422 e. The molecule has 8 heteroatoms. The number of benzene rings is 2. The van der Waals surface area contributed by atoms with Crippen molar-refractivity contribution in [2.75, 3.05) is 23.8 Å². The lowest BCUT2D eigenvalue weighted by atomic mass is 10.1. The maximum atomic E-state index is 12.3. The van der Waals surface area contributed by atoms with E-state index < -0.39 is 12.8 Å². The van der Waals surface area contributed by atoms with Crippen molar-refractivity contribution in [2.45, 2.75) is 12.6 Å². The second-order valence-corrected chi connectivity index (χ2v) is 5.33. The molecule has 0 aliphatic heterocycles. The van der Waals surface area contributed by atoms with Gasteiger partial charge >= 0.3 is 6.18 Å². The molecule has 0 saturated heterocycles. The number of ether oxygens (including phenoxy) is 1. The van der Waals surface area contributed by atoms with E-state index in [-0.39, 0.29) is 30.3 Å². The summed E-state index contributed by atoms with van der Waals surface area (Å²) in [4.78, 5) is 12.0. The summed E-state index contributed by atoms with van der Waals surface area (Å²) in [5.74, 6) is -0.359. The van der Waals surface area contributed by atoms with E-state index in [9.17, 15) is 18.0 Å². The first-order chi connectivity index (χ1) is 12.4. The highest BCUT2D eigenvalue weighted by molar-refractivity contribution is 5.93. The number of para-hydroxylation sites is 2. The van der Waals surface area contributed by atoms with Gasteiger partial charge in [0.15, 0.2) is 6.61 Å². The van der Waals surface area contributed by atoms with Gasteiger partial charge in [0.2, 0.25) is 5.91 Å². The minimum Gasteiger partial charge on any atom is -0.482 e. The van der Waals surface area contributed by atoms with Crippen LogP contribution in [0.1, 0.15) is 5.56 Å². The summed E-state index contributed by atoms with van der Waals surface area (Å²) in [5.41, 5.74) is 1.68. The molecule has 26 heavy (non-hydrogen) atoms. The summed E-state index contributed by atoms with van der Waals surface area (Å²) < 4.78 is 41.6. The molecule has 1 amide bonds. The number of anilines is 2. The van der Waals surface area contributed by atoms with Crippen molar-refractivity contribution in [1.29, 1.82) is 5.26 Å². The molecule has 0 bridgehead atoms. The van der Waals surface area contributed by atoms with Crippen molar-refractivity contribution < 1.29 is 22.7 Å². The van der Waals surface area contributed by atoms with E-state index in [4.69, 9.17) is 10.00 Å². The summed E-state index contributed by atoms with van der Waals surface area (Å²) in [6, 6.07) is 14.9. The SMILES string of the molecule is N#CCc1ccc(NC(=O)CNc2ccccc2OCC(F)(F)F)cc1. The fourth-order valence-corrected chi connectivity index (χ4v) is 2.08. The van der Waals surface area contributed by atoms with Gasteiger partial charge in [0.05, 0.1) is 24.7 Å². The van der Waals surface area contributed by atoms with Crippen LogP contribution in [0.2, 0.25) is 0 Å². The Balaban J connectivity index is 1.90. The monoisotopic (exact) mass is 363 g/mol. The predicted molar refractivity (Wildman–Crippen MR) is 90.9 cm³/mol. The van der Waals surface area contributed by atoms with Crippen molar-refractivity contribution >= 4 is 17.3 Å². The van der Waals surface area contributed by atoms with Gasteiger partial charge in [-0.3, -0.25) is 4.79 Å². The number of carbonyl (C=O) groups excluding carboxylic acids is 1. The maximum Gasteiger partial charge on any atom is 0.422 e. The van der Waals surface area contributed by atoms with Gasteiger partial charge in [-0.05, 0) is 29.8 Å². The number of carbonyl (C=O) groups is 1. The zero-order valence-corrected chi connectivity index (χ0v) is 13.6. The maximum absolute atomic E-state index is 12.3. The van der Waals surface area contributed by atoms with Crippen molar-refractivity contribution in [1.82, 2.24) is 0 Å². The number of rotatable bonds is 7. The molecule has 2 N–H and O–H groups in total. The first-order valence-corrected chi connectivity index (χ1v) is 7.65. The van der Waals surface area contributed by atoms with Gasteiger partial charge in [-0.15, -0.1) is 0 Å². The lowest BCUT2D eigenvalue weighted by molar-refractivity contribution is -0.153. The summed E-state index contributed by atoms with van der Waals surface area (Å²) in [6.45, 7) is -1.56. The molecule has 0 radical (unpaired) electrons. The molecule has 0 saturated carbocycles.